The quantitative estimate of drug-likeness (QED) is 0.297. The predicted octanol–water partition coefficient (Wildman–Crippen LogP) is 4.20. The van der Waals surface area contributed by atoms with Crippen LogP contribution in [-0.4, -0.2) is 30.2 Å². The number of hydrogen-bond donors (Lipinski definition) is 0. The summed E-state index contributed by atoms with van der Waals surface area (Å²) in [7, 11) is -4.20. The van der Waals surface area contributed by atoms with Crippen molar-refractivity contribution in [1.82, 2.24) is 0 Å². The van der Waals surface area contributed by atoms with E-state index in [1.807, 2.05) is 0 Å². The number of benzene rings is 3. The third kappa shape index (κ3) is 4.92. The van der Waals surface area contributed by atoms with Crippen LogP contribution in [0.2, 0.25) is 0 Å². The number of ketones is 2. The molecule has 0 saturated carbocycles. The van der Waals surface area contributed by atoms with Crippen molar-refractivity contribution < 1.29 is 22.9 Å². The molecular weight excluding hydrogens is 418 g/mol. The molecule has 0 heterocycles. The first-order chi connectivity index (χ1) is 14.7. The van der Waals surface area contributed by atoms with E-state index in [2.05, 4.69) is 0 Å². The molecule has 0 amide bonds. The van der Waals surface area contributed by atoms with Crippen LogP contribution in [0.3, 0.4) is 0 Å². The second-order valence-corrected chi connectivity index (χ2v) is 9.14. The van der Waals surface area contributed by atoms with E-state index < -0.39 is 38.0 Å². The molecule has 3 rings (SSSR count). The molecule has 0 unspecified atom stereocenters. The number of carbonyl (C=O) groups is 2. The average Bonchev–Trinajstić information content (AvgIpc) is 2.77. The van der Waals surface area contributed by atoms with Gasteiger partial charge in [0.05, 0.1) is 9.82 Å². The summed E-state index contributed by atoms with van der Waals surface area (Å²) in [6, 6.07) is 18.8. The molecule has 158 valence electrons. The number of Topliss-reactive ketones (excluding diaryl/α,β-unsaturated/α-hetero) is 2. The lowest BCUT2D eigenvalue weighted by Crippen LogP contribution is -2.33. The van der Waals surface area contributed by atoms with Gasteiger partial charge in [-0.05, 0) is 31.2 Å². The molecule has 0 radical (unpaired) electrons. The van der Waals surface area contributed by atoms with Crippen molar-refractivity contribution in [1.29, 1.82) is 0 Å². The number of rotatable bonds is 8. The summed E-state index contributed by atoms with van der Waals surface area (Å²) in [5, 5.41) is 9.21. The molecule has 0 aliphatic heterocycles. The van der Waals surface area contributed by atoms with Crippen molar-refractivity contribution in [2.75, 3.05) is 0 Å². The molecule has 31 heavy (non-hydrogen) atoms. The van der Waals surface area contributed by atoms with Gasteiger partial charge in [-0.3, -0.25) is 19.7 Å². The average molecular weight is 437 g/mol. The lowest BCUT2D eigenvalue weighted by molar-refractivity contribution is -0.384. The van der Waals surface area contributed by atoms with E-state index in [1.54, 1.807) is 49.4 Å². The fourth-order valence-electron chi connectivity index (χ4n) is 3.08. The zero-order valence-electron chi connectivity index (χ0n) is 16.6. The molecule has 0 aliphatic carbocycles. The molecule has 1 atom stereocenters. The lowest BCUT2D eigenvalue weighted by atomic mass is 10.0. The SMILES string of the molecule is Cc1ccc(S(=O)(=O)[C@H](CC(=O)c2ccccc2)C(=O)c2ccc([N+](=O)[O-])cc2)cc1. The zero-order valence-corrected chi connectivity index (χ0v) is 17.4. The lowest BCUT2D eigenvalue weighted by Gasteiger charge is -2.17. The molecule has 3 aromatic carbocycles. The summed E-state index contributed by atoms with van der Waals surface area (Å²) in [5.74, 6) is -1.28. The summed E-state index contributed by atoms with van der Waals surface area (Å²) >= 11 is 0. The highest BCUT2D eigenvalue weighted by Gasteiger charge is 2.36. The van der Waals surface area contributed by atoms with Crippen molar-refractivity contribution in [3.05, 3.63) is 106 Å². The first-order valence-corrected chi connectivity index (χ1v) is 10.9. The number of hydrogen-bond acceptors (Lipinski definition) is 6. The van der Waals surface area contributed by atoms with Gasteiger partial charge < -0.3 is 0 Å². The van der Waals surface area contributed by atoms with E-state index in [-0.39, 0.29) is 16.1 Å². The third-order valence-electron chi connectivity index (χ3n) is 4.85. The van der Waals surface area contributed by atoms with Crippen LogP contribution in [0.5, 0.6) is 0 Å². The Bertz CT molecular complexity index is 1220. The Morgan fingerprint density at radius 1 is 0.871 bits per heavy atom. The highest BCUT2D eigenvalue weighted by atomic mass is 32.2. The number of nitrogens with zero attached hydrogens (tertiary/aromatic N) is 1. The van der Waals surface area contributed by atoms with Gasteiger partial charge in [-0.15, -0.1) is 0 Å². The number of carbonyl (C=O) groups excluding carboxylic acids is 2. The molecule has 0 bridgehead atoms. The summed E-state index contributed by atoms with van der Waals surface area (Å²) in [5.41, 5.74) is 0.891. The number of nitro benzene ring substituents is 1. The maximum Gasteiger partial charge on any atom is 0.269 e. The van der Waals surface area contributed by atoms with E-state index >= 15 is 0 Å². The molecular formula is C23H19NO6S. The third-order valence-corrected chi connectivity index (χ3v) is 6.90. The van der Waals surface area contributed by atoms with E-state index in [4.69, 9.17) is 0 Å². The number of non-ortho nitro benzene ring substituents is 1. The van der Waals surface area contributed by atoms with Gasteiger partial charge in [0.1, 0.15) is 5.25 Å². The van der Waals surface area contributed by atoms with E-state index in [0.717, 1.165) is 17.7 Å². The van der Waals surface area contributed by atoms with E-state index in [0.29, 0.717) is 5.56 Å². The topological polar surface area (TPSA) is 111 Å². The second-order valence-electron chi connectivity index (χ2n) is 7.01. The fraction of sp³-hybridized carbons (Fsp3) is 0.130. The smallest absolute Gasteiger partial charge is 0.269 e. The Balaban J connectivity index is 2.02. The van der Waals surface area contributed by atoms with Crippen LogP contribution in [-0.2, 0) is 9.84 Å². The monoisotopic (exact) mass is 437 g/mol. The molecule has 0 fully saturated rings. The maximum absolute atomic E-state index is 13.3. The Hall–Kier alpha value is -3.65. The zero-order chi connectivity index (χ0) is 22.6. The first-order valence-electron chi connectivity index (χ1n) is 9.37. The number of sulfone groups is 1. The molecule has 0 saturated heterocycles. The van der Waals surface area contributed by atoms with Crippen molar-refractivity contribution in [2.24, 2.45) is 0 Å². The van der Waals surface area contributed by atoms with E-state index in [9.17, 15) is 28.1 Å². The second kappa shape index (κ2) is 9.01. The summed E-state index contributed by atoms with van der Waals surface area (Å²) in [6.07, 6.45) is -0.546. The van der Waals surface area contributed by atoms with Crippen LogP contribution in [0.25, 0.3) is 0 Å². The van der Waals surface area contributed by atoms with Crippen molar-refractivity contribution in [2.45, 2.75) is 23.5 Å². The number of nitro groups is 1. The summed E-state index contributed by atoms with van der Waals surface area (Å²) in [4.78, 5) is 36.1. The summed E-state index contributed by atoms with van der Waals surface area (Å²) in [6.45, 7) is 1.80. The summed E-state index contributed by atoms with van der Waals surface area (Å²) < 4.78 is 26.6. The van der Waals surface area contributed by atoms with Gasteiger partial charge in [-0.2, -0.15) is 0 Å². The fourth-order valence-corrected chi connectivity index (χ4v) is 4.71. The van der Waals surface area contributed by atoms with Crippen LogP contribution < -0.4 is 0 Å². The Morgan fingerprint density at radius 2 is 1.45 bits per heavy atom. The van der Waals surface area contributed by atoms with Gasteiger partial charge in [0.25, 0.3) is 5.69 Å². The molecule has 3 aromatic rings. The Morgan fingerprint density at radius 3 is 2.00 bits per heavy atom. The normalized spacial score (nSPS) is 12.2. The Labute approximate surface area is 179 Å². The minimum Gasteiger partial charge on any atom is -0.294 e. The molecule has 8 heteroatoms. The molecule has 0 spiro atoms. The van der Waals surface area contributed by atoms with Gasteiger partial charge in [0.15, 0.2) is 21.4 Å². The van der Waals surface area contributed by atoms with Crippen LogP contribution >= 0.6 is 0 Å². The van der Waals surface area contributed by atoms with Crippen molar-refractivity contribution >= 4 is 27.1 Å². The molecule has 0 aromatic heterocycles. The van der Waals surface area contributed by atoms with Crippen LogP contribution in [0.1, 0.15) is 32.7 Å². The molecule has 0 aliphatic rings. The van der Waals surface area contributed by atoms with Gasteiger partial charge >= 0.3 is 0 Å². The molecule has 0 N–H and O–H groups in total. The van der Waals surface area contributed by atoms with Crippen LogP contribution in [0.4, 0.5) is 5.69 Å². The van der Waals surface area contributed by atoms with Crippen LogP contribution in [0.15, 0.2) is 83.8 Å². The minimum atomic E-state index is -4.20. The molecule has 7 nitrogen and oxygen atoms in total. The van der Waals surface area contributed by atoms with Crippen LogP contribution in [0, 0.1) is 17.0 Å². The maximum atomic E-state index is 13.3. The predicted molar refractivity (Wildman–Crippen MR) is 115 cm³/mol. The van der Waals surface area contributed by atoms with Crippen molar-refractivity contribution in [3.63, 3.8) is 0 Å². The van der Waals surface area contributed by atoms with Gasteiger partial charge in [-0.1, -0.05) is 48.0 Å². The van der Waals surface area contributed by atoms with Gasteiger partial charge in [0.2, 0.25) is 0 Å². The Kier molecular flexibility index (Phi) is 6.41. The van der Waals surface area contributed by atoms with Gasteiger partial charge in [-0.25, -0.2) is 8.42 Å². The van der Waals surface area contributed by atoms with Crippen molar-refractivity contribution in [3.8, 4) is 0 Å². The van der Waals surface area contributed by atoms with Gasteiger partial charge in [0, 0.05) is 29.7 Å². The number of aryl methyl sites for hydroxylation is 1. The first kappa shape index (κ1) is 22.0. The minimum absolute atomic E-state index is 0.0212. The largest absolute Gasteiger partial charge is 0.294 e. The highest BCUT2D eigenvalue weighted by molar-refractivity contribution is 7.92. The standard InChI is InChI=1S/C23H19NO6S/c1-16-7-13-20(14-8-16)31(29,30)22(15-21(25)17-5-3-2-4-6-17)23(26)18-9-11-19(12-10-18)24(27)28/h2-14,22H,15H2,1H3/t22-/m1/s1. The highest BCUT2D eigenvalue weighted by Crippen LogP contribution is 2.25. The van der Waals surface area contributed by atoms with E-state index in [1.165, 1.54) is 24.3 Å².